The first-order valence-electron chi connectivity index (χ1n) is 3.20. The van der Waals surface area contributed by atoms with Gasteiger partial charge >= 0.3 is 0 Å². The summed E-state index contributed by atoms with van der Waals surface area (Å²) in [6.45, 7) is 3.85. The SMILES string of the molecule is C#CC1OS(=O)C(C)C1C. The molecule has 1 rings (SSSR count). The lowest BCUT2D eigenvalue weighted by Gasteiger charge is -2.05. The summed E-state index contributed by atoms with van der Waals surface area (Å²) in [7, 11) is 0. The summed E-state index contributed by atoms with van der Waals surface area (Å²) in [6.07, 6.45) is 4.89. The van der Waals surface area contributed by atoms with Gasteiger partial charge in [-0.05, 0) is 6.92 Å². The minimum Gasteiger partial charge on any atom is -0.274 e. The van der Waals surface area contributed by atoms with E-state index in [0.717, 1.165) is 0 Å². The van der Waals surface area contributed by atoms with E-state index in [-0.39, 0.29) is 17.3 Å². The van der Waals surface area contributed by atoms with Crippen LogP contribution in [-0.2, 0) is 15.3 Å². The highest BCUT2D eigenvalue weighted by Gasteiger charge is 2.35. The Morgan fingerprint density at radius 2 is 2.20 bits per heavy atom. The normalized spacial score (nSPS) is 46.9. The van der Waals surface area contributed by atoms with Gasteiger partial charge in [-0.1, -0.05) is 12.8 Å². The predicted octanol–water partition coefficient (Wildman–Crippen LogP) is 0.707. The van der Waals surface area contributed by atoms with Crippen LogP contribution in [-0.4, -0.2) is 15.6 Å². The van der Waals surface area contributed by atoms with E-state index in [1.54, 1.807) is 0 Å². The molecule has 1 heterocycles. The van der Waals surface area contributed by atoms with E-state index < -0.39 is 11.1 Å². The summed E-state index contributed by atoms with van der Waals surface area (Å²) < 4.78 is 15.9. The van der Waals surface area contributed by atoms with Crippen molar-refractivity contribution in [2.45, 2.75) is 25.2 Å². The molecule has 0 aromatic heterocycles. The topological polar surface area (TPSA) is 26.3 Å². The van der Waals surface area contributed by atoms with Crippen molar-refractivity contribution in [3.05, 3.63) is 0 Å². The maximum Gasteiger partial charge on any atom is 0.160 e. The third-order valence-electron chi connectivity index (χ3n) is 1.88. The highest BCUT2D eigenvalue weighted by molar-refractivity contribution is 7.81. The van der Waals surface area contributed by atoms with Crippen LogP contribution in [0.4, 0.5) is 0 Å². The minimum atomic E-state index is -1.17. The molecule has 0 amide bonds. The Kier molecular flexibility index (Phi) is 2.12. The fraction of sp³-hybridized carbons (Fsp3) is 0.714. The number of hydrogen-bond donors (Lipinski definition) is 0. The maximum absolute atomic E-state index is 10.9. The lowest BCUT2D eigenvalue weighted by Crippen LogP contribution is -2.16. The van der Waals surface area contributed by atoms with Crippen LogP contribution in [0.2, 0.25) is 0 Å². The Morgan fingerprint density at radius 3 is 2.40 bits per heavy atom. The van der Waals surface area contributed by atoms with Crippen molar-refractivity contribution in [3.8, 4) is 12.3 Å². The number of terminal acetylenes is 1. The summed E-state index contributed by atoms with van der Waals surface area (Å²) in [5, 5.41) is 0.0704. The van der Waals surface area contributed by atoms with E-state index in [9.17, 15) is 4.21 Å². The molecule has 0 aliphatic carbocycles. The predicted molar refractivity (Wildman–Crippen MR) is 40.5 cm³/mol. The molecule has 4 unspecified atom stereocenters. The van der Waals surface area contributed by atoms with Crippen molar-refractivity contribution in [2.75, 3.05) is 0 Å². The fourth-order valence-corrected chi connectivity index (χ4v) is 1.98. The second kappa shape index (κ2) is 2.73. The summed E-state index contributed by atoms with van der Waals surface area (Å²) in [6, 6.07) is 0. The molecular weight excluding hydrogens is 148 g/mol. The molecule has 1 saturated heterocycles. The third-order valence-corrected chi connectivity index (χ3v) is 3.32. The van der Waals surface area contributed by atoms with Crippen LogP contribution in [0.5, 0.6) is 0 Å². The zero-order valence-electron chi connectivity index (χ0n) is 6.03. The van der Waals surface area contributed by atoms with Gasteiger partial charge in [0.15, 0.2) is 11.1 Å². The van der Waals surface area contributed by atoms with Gasteiger partial charge in [0.05, 0.1) is 5.25 Å². The number of rotatable bonds is 0. The first-order chi connectivity index (χ1) is 4.66. The molecule has 1 aliphatic rings. The van der Waals surface area contributed by atoms with Crippen molar-refractivity contribution in [1.82, 2.24) is 0 Å². The van der Waals surface area contributed by atoms with Gasteiger partial charge in [0.2, 0.25) is 0 Å². The molecule has 1 aliphatic heterocycles. The van der Waals surface area contributed by atoms with Crippen molar-refractivity contribution >= 4 is 11.1 Å². The van der Waals surface area contributed by atoms with E-state index in [4.69, 9.17) is 10.6 Å². The van der Waals surface area contributed by atoms with E-state index in [0.29, 0.717) is 0 Å². The highest BCUT2D eigenvalue weighted by Crippen LogP contribution is 2.25. The standard InChI is InChI=1S/C7H10O2S/c1-4-7-5(2)6(3)10(8)9-7/h1,5-7H,2-3H3. The van der Waals surface area contributed by atoms with E-state index in [1.165, 1.54) is 0 Å². The molecule has 2 nitrogen and oxygen atoms in total. The molecule has 0 aromatic carbocycles. The second-order valence-corrected chi connectivity index (χ2v) is 3.97. The molecule has 0 saturated carbocycles. The Bertz CT molecular complexity index is 194. The lowest BCUT2D eigenvalue weighted by atomic mass is 10.0. The third kappa shape index (κ3) is 1.09. The lowest BCUT2D eigenvalue weighted by molar-refractivity contribution is 0.263. The summed E-state index contributed by atoms with van der Waals surface area (Å²) in [5.41, 5.74) is 0. The van der Waals surface area contributed by atoms with E-state index in [1.807, 2.05) is 13.8 Å². The molecule has 10 heavy (non-hydrogen) atoms. The molecule has 0 spiro atoms. The van der Waals surface area contributed by atoms with Gasteiger partial charge < -0.3 is 0 Å². The molecular formula is C7H10O2S. The van der Waals surface area contributed by atoms with Crippen molar-refractivity contribution in [1.29, 1.82) is 0 Å². The van der Waals surface area contributed by atoms with Crippen LogP contribution in [0, 0.1) is 18.3 Å². The fourth-order valence-electron chi connectivity index (χ4n) is 0.878. The van der Waals surface area contributed by atoms with Crippen molar-refractivity contribution in [3.63, 3.8) is 0 Å². The van der Waals surface area contributed by atoms with Crippen LogP contribution < -0.4 is 0 Å². The Labute approximate surface area is 63.6 Å². The van der Waals surface area contributed by atoms with E-state index in [2.05, 4.69) is 5.92 Å². The average molecular weight is 158 g/mol. The van der Waals surface area contributed by atoms with Gasteiger partial charge in [-0.15, -0.1) is 6.42 Å². The zero-order valence-corrected chi connectivity index (χ0v) is 6.85. The summed E-state index contributed by atoms with van der Waals surface area (Å²) >= 11 is -1.17. The van der Waals surface area contributed by atoms with Gasteiger partial charge in [0.1, 0.15) is 6.10 Å². The first-order valence-corrected chi connectivity index (χ1v) is 4.34. The van der Waals surface area contributed by atoms with Gasteiger partial charge in [-0.25, -0.2) is 4.21 Å². The molecule has 0 bridgehead atoms. The average Bonchev–Trinajstić information content (AvgIpc) is 2.17. The Balaban J connectivity index is 2.73. The monoisotopic (exact) mass is 158 g/mol. The van der Waals surface area contributed by atoms with Crippen LogP contribution in [0.1, 0.15) is 13.8 Å². The molecule has 0 radical (unpaired) electrons. The molecule has 0 aromatic rings. The van der Waals surface area contributed by atoms with Gasteiger partial charge in [-0.3, -0.25) is 4.18 Å². The molecule has 1 fully saturated rings. The Morgan fingerprint density at radius 1 is 1.60 bits per heavy atom. The van der Waals surface area contributed by atoms with Crippen LogP contribution >= 0.6 is 0 Å². The highest BCUT2D eigenvalue weighted by atomic mass is 32.2. The first kappa shape index (κ1) is 7.77. The molecule has 56 valence electrons. The summed E-state index contributed by atoms with van der Waals surface area (Å²) in [4.78, 5) is 0. The molecule has 0 N–H and O–H groups in total. The summed E-state index contributed by atoms with van der Waals surface area (Å²) in [5.74, 6) is 2.67. The van der Waals surface area contributed by atoms with Crippen molar-refractivity contribution < 1.29 is 8.39 Å². The van der Waals surface area contributed by atoms with Crippen molar-refractivity contribution in [2.24, 2.45) is 5.92 Å². The molecule has 3 heteroatoms. The van der Waals surface area contributed by atoms with Crippen LogP contribution in [0.25, 0.3) is 0 Å². The molecule has 4 atom stereocenters. The smallest absolute Gasteiger partial charge is 0.160 e. The number of hydrogen-bond acceptors (Lipinski definition) is 2. The van der Waals surface area contributed by atoms with Crippen LogP contribution in [0.15, 0.2) is 0 Å². The second-order valence-electron chi connectivity index (χ2n) is 2.51. The van der Waals surface area contributed by atoms with E-state index >= 15 is 0 Å². The quantitative estimate of drug-likeness (QED) is 0.485. The maximum atomic E-state index is 10.9. The van der Waals surface area contributed by atoms with Gasteiger partial charge in [-0.2, -0.15) is 0 Å². The largest absolute Gasteiger partial charge is 0.274 e. The van der Waals surface area contributed by atoms with Gasteiger partial charge in [0, 0.05) is 5.92 Å². The zero-order chi connectivity index (χ0) is 7.72. The van der Waals surface area contributed by atoms with Crippen LogP contribution in [0.3, 0.4) is 0 Å². The Hall–Kier alpha value is -0.330. The van der Waals surface area contributed by atoms with Gasteiger partial charge in [0.25, 0.3) is 0 Å². The minimum absolute atomic E-state index is 0.0704.